The minimum atomic E-state index is 0. The molecule has 0 aromatic heterocycles. The first-order valence-corrected chi connectivity index (χ1v) is 7.09. The summed E-state index contributed by atoms with van der Waals surface area (Å²) < 4.78 is 0. The van der Waals surface area contributed by atoms with Crippen LogP contribution in [0.1, 0.15) is 46.0 Å². The van der Waals surface area contributed by atoms with E-state index in [9.17, 15) is 4.79 Å². The molecule has 1 aliphatic heterocycles. The average molecular weight is 277 g/mol. The van der Waals surface area contributed by atoms with Gasteiger partial charge in [0.15, 0.2) is 0 Å². The van der Waals surface area contributed by atoms with Crippen molar-refractivity contribution in [2.24, 2.45) is 11.8 Å². The first-order valence-electron chi connectivity index (χ1n) is 7.09. The second-order valence-electron chi connectivity index (χ2n) is 5.50. The van der Waals surface area contributed by atoms with Crippen LogP contribution < -0.4 is 5.32 Å². The van der Waals surface area contributed by atoms with Gasteiger partial charge < -0.3 is 10.2 Å². The number of carbonyl (C=O) groups excluding carboxylic acids is 1. The summed E-state index contributed by atoms with van der Waals surface area (Å²) in [5.41, 5.74) is 0. The Labute approximate surface area is 118 Å². The highest BCUT2D eigenvalue weighted by Crippen LogP contribution is 2.19. The molecule has 1 aliphatic rings. The SMILES string of the molecule is CCCC(C)CC(=O)N1CCCC(CNC)C1.Cl. The molecule has 0 aliphatic carbocycles. The van der Waals surface area contributed by atoms with Crippen molar-refractivity contribution in [1.82, 2.24) is 10.2 Å². The average Bonchev–Trinajstić information content (AvgIpc) is 2.30. The molecular weight excluding hydrogens is 248 g/mol. The lowest BCUT2D eigenvalue weighted by atomic mass is 9.96. The van der Waals surface area contributed by atoms with Gasteiger partial charge >= 0.3 is 0 Å². The van der Waals surface area contributed by atoms with Gasteiger partial charge in [-0.1, -0.05) is 26.7 Å². The number of nitrogens with one attached hydrogen (secondary N) is 1. The zero-order valence-corrected chi connectivity index (χ0v) is 12.9. The topological polar surface area (TPSA) is 32.3 Å². The maximum absolute atomic E-state index is 12.1. The molecule has 0 aromatic carbocycles. The van der Waals surface area contributed by atoms with Crippen LogP contribution in [-0.2, 0) is 4.79 Å². The van der Waals surface area contributed by atoms with E-state index >= 15 is 0 Å². The standard InChI is InChI=1S/C14H28N2O.ClH/c1-4-6-12(2)9-14(17)16-8-5-7-13(11-16)10-15-3;/h12-13,15H,4-11H2,1-3H3;1H. The van der Waals surface area contributed by atoms with Crippen LogP contribution in [0.3, 0.4) is 0 Å². The van der Waals surface area contributed by atoms with Crippen LogP contribution in [0.5, 0.6) is 0 Å². The van der Waals surface area contributed by atoms with Crippen molar-refractivity contribution < 1.29 is 4.79 Å². The molecule has 0 spiro atoms. The van der Waals surface area contributed by atoms with Crippen LogP contribution in [0.25, 0.3) is 0 Å². The number of piperidine rings is 1. The molecule has 0 aromatic rings. The minimum Gasteiger partial charge on any atom is -0.342 e. The van der Waals surface area contributed by atoms with E-state index in [1.165, 1.54) is 25.7 Å². The number of rotatable bonds is 6. The maximum atomic E-state index is 12.1. The Hall–Kier alpha value is -0.280. The molecule has 0 saturated carbocycles. The molecule has 0 radical (unpaired) electrons. The highest BCUT2D eigenvalue weighted by atomic mass is 35.5. The van der Waals surface area contributed by atoms with Gasteiger partial charge in [-0.3, -0.25) is 4.79 Å². The minimum absolute atomic E-state index is 0. The van der Waals surface area contributed by atoms with Crippen LogP contribution in [0.4, 0.5) is 0 Å². The fourth-order valence-corrected chi connectivity index (χ4v) is 2.77. The lowest BCUT2D eigenvalue weighted by molar-refractivity contribution is -0.133. The summed E-state index contributed by atoms with van der Waals surface area (Å²) in [4.78, 5) is 14.2. The molecule has 1 heterocycles. The highest BCUT2D eigenvalue weighted by Gasteiger charge is 2.23. The third-order valence-electron chi connectivity index (χ3n) is 3.67. The maximum Gasteiger partial charge on any atom is 0.222 e. The van der Waals surface area contributed by atoms with Gasteiger partial charge in [0.2, 0.25) is 5.91 Å². The van der Waals surface area contributed by atoms with E-state index in [0.717, 1.165) is 26.1 Å². The molecule has 2 atom stereocenters. The number of amides is 1. The van der Waals surface area contributed by atoms with E-state index < -0.39 is 0 Å². The van der Waals surface area contributed by atoms with Gasteiger partial charge in [-0.05, 0) is 38.3 Å². The number of carbonyl (C=O) groups is 1. The number of halogens is 1. The van der Waals surface area contributed by atoms with Crippen molar-refractivity contribution in [1.29, 1.82) is 0 Å². The van der Waals surface area contributed by atoms with E-state index in [2.05, 4.69) is 24.1 Å². The quantitative estimate of drug-likeness (QED) is 0.809. The first-order chi connectivity index (χ1) is 8.17. The van der Waals surface area contributed by atoms with E-state index in [-0.39, 0.29) is 12.4 Å². The summed E-state index contributed by atoms with van der Waals surface area (Å²) in [5.74, 6) is 1.56. The van der Waals surface area contributed by atoms with E-state index in [0.29, 0.717) is 17.7 Å². The van der Waals surface area contributed by atoms with Crippen LogP contribution in [0, 0.1) is 11.8 Å². The van der Waals surface area contributed by atoms with Crippen molar-refractivity contribution in [3.8, 4) is 0 Å². The molecule has 1 amide bonds. The summed E-state index contributed by atoms with van der Waals surface area (Å²) in [5, 5.41) is 3.22. The van der Waals surface area contributed by atoms with E-state index in [1.807, 2.05) is 7.05 Å². The molecule has 2 unspecified atom stereocenters. The van der Waals surface area contributed by atoms with Crippen molar-refractivity contribution in [2.45, 2.75) is 46.0 Å². The van der Waals surface area contributed by atoms with E-state index in [1.54, 1.807) is 0 Å². The number of likely N-dealkylation sites (tertiary alicyclic amines) is 1. The van der Waals surface area contributed by atoms with Crippen LogP contribution in [0.15, 0.2) is 0 Å². The van der Waals surface area contributed by atoms with Gasteiger partial charge in [0.25, 0.3) is 0 Å². The Morgan fingerprint density at radius 3 is 2.83 bits per heavy atom. The Bertz CT molecular complexity index is 234. The van der Waals surface area contributed by atoms with Gasteiger partial charge in [-0.15, -0.1) is 12.4 Å². The van der Waals surface area contributed by atoms with Crippen molar-refractivity contribution in [3.05, 3.63) is 0 Å². The second-order valence-corrected chi connectivity index (χ2v) is 5.50. The molecule has 108 valence electrons. The Morgan fingerprint density at radius 1 is 1.50 bits per heavy atom. The molecular formula is C14H29ClN2O. The summed E-state index contributed by atoms with van der Waals surface area (Å²) in [7, 11) is 1.99. The molecule has 1 rings (SSSR count). The number of hydrogen-bond donors (Lipinski definition) is 1. The predicted octanol–water partition coefficient (Wildman–Crippen LogP) is 2.69. The normalized spacial score (nSPS) is 21.3. The first kappa shape index (κ1) is 17.7. The number of hydrogen-bond acceptors (Lipinski definition) is 2. The third kappa shape index (κ3) is 6.05. The lowest BCUT2D eigenvalue weighted by Crippen LogP contribution is -2.42. The summed E-state index contributed by atoms with van der Waals surface area (Å²) in [6, 6.07) is 0. The lowest BCUT2D eigenvalue weighted by Gasteiger charge is -2.33. The fourth-order valence-electron chi connectivity index (χ4n) is 2.77. The van der Waals surface area contributed by atoms with Crippen molar-refractivity contribution in [3.63, 3.8) is 0 Å². The van der Waals surface area contributed by atoms with Gasteiger partial charge in [-0.2, -0.15) is 0 Å². The van der Waals surface area contributed by atoms with Gasteiger partial charge in [0.05, 0.1) is 0 Å². The molecule has 1 fully saturated rings. The second kappa shape index (κ2) is 9.62. The molecule has 4 heteroatoms. The fraction of sp³-hybridized carbons (Fsp3) is 0.929. The van der Waals surface area contributed by atoms with Crippen LogP contribution in [-0.4, -0.2) is 37.5 Å². The summed E-state index contributed by atoms with van der Waals surface area (Å²) >= 11 is 0. The Morgan fingerprint density at radius 2 is 2.22 bits per heavy atom. The van der Waals surface area contributed by atoms with Gasteiger partial charge in [0, 0.05) is 19.5 Å². The molecule has 18 heavy (non-hydrogen) atoms. The summed E-state index contributed by atoms with van der Waals surface area (Å²) in [6.07, 6.45) is 5.51. The zero-order valence-electron chi connectivity index (χ0n) is 12.1. The molecule has 1 saturated heterocycles. The van der Waals surface area contributed by atoms with Crippen LogP contribution >= 0.6 is 12.4 Å². The van der Waals surface area contributed by atoms with Crippen LogP contribution in [0.2, 0.25) is 0 Å². The smallest absolute Gasteiger partial charge is 0.222 e. The predicted molar refractivity (Wildman–Crippen MR) is 79.2 cm³/mol. The van der Waals surface area contributed by atoms with E-state index in [4.69, 9.17) is 0 Å². The molecule has 3 nitrogen and oxygen atoms in total. The zero-order chi connectivity index (χ0) is 12.7. The van der Waals surface area contributed by atoms with Gasteiger partial charge in [0.1, 0.15) is 0 Å². The van der Waals surface area contributed by atoms with Crippen molar-refractivity contribution >= 4 is 18.3 Å². The monoisotopic (exact) mass is 276 g/mol. The largest absolute Gasteiger partial charge is 0.342 e. The number of nitrogens with zero attached hydrogens (tertiary/aromatic N) is 1. The van der Waals surface area contributed by atoms with Crippen molar-refractivity contribution in [2.75, 3.05) is 26.7 Å². The molecule has 0 bridgehead atoms. The molecule has 1 N–H and O–H groups in total. The Balaban J connectivity index is 0.00000289. The van der Waals surface area contributed by atoms with Gasteiger partial charge in [-0.25, -0.2) is 0 Å². The Kier molecular flexibility index (Phi) is 9.47. The third-order valence-corrected chi connectivity index (χ3v) is 3.67. The summed E-state index contributed by atoms with van der Waals surface area (Å²) in [6.45, 7) is 7.34. The highest BCUT2D eigenvalue weighted by molar-refractivity contribution is 5.85.